The Bertz CT molecular complexity index is 1260. The van der Waals surface area contributed by atoms with Gasteiger partial charge in [0.25, 0.3) is 0 Å². The highest BCUT2D eigenvalue weighted by molar-refractivity contribution is 6.06. The molecule has 0 bridgehead atoms. The van der Waals surface area contributed by atoms with Crippen molar-refractivity contribution < 1.29 is 29.6 Å². The number of carbonyl (C=O) groups excluding carboxylic acids is 1. The van der Waals surface area contributed by atoms with Crippen LogP contribution in [-0.2, 0) is 0 Å². The van der Waals surface area contributed by atoms with Gasteiger partial charge in [0.15, 0.2) is 17.3 Å². The van der Waals surface area contributed by atoms with E-state index in [0.717, 1.165) is 5.56 Å². The lowest BCUT2D eigenvalue weighted by Gasteiger charge is -2.47. The van der Waals surface area contributed by atoms with E-state index in [-0.39, 0.29) is 46.9 Å². The van der Waals surface area contributed by atoms with Crippen molar-refractivity contribution in [3.8, 4) is 39.9 Å². The van der Waals surface area contributed by atoms with Gasteiger partial charge in [0.2, 0.25) is 0 Å². The second-order valence-corrected chi connectivity index (χ2v) is 8.00. The SMILES string of the molecule is COc1cc(O)c2c3c1-c1c(ccc(O)c1O)[C@H]1Oc4ccccc4[C@@H](CC2=O)[C@H]31. The van der Waals surface area contributed by atoms with E-state index in [9.17, 15) is 20.1 Å². The highest BCUT2D eigenvalue weighted by Crippen LogP contribution is 2.65. The topological polar surface area (TPSA) is 96.2 Å². The molecular weight excluding hydrogens is 384 g/mol. The molecule has 3 aliphatic rings. The monoisotopic (exact) mass is 402 g/mol. The third-order valence-corrected chi connectivity index (χ3v) is 6.62. The van der Waals surface area contributed by atoms with Crippen molar-refractivity contribution in [2.45, 2.75) is 24.4 Å². The predicted molar refractivity (Wildman–Crippen MR) is 108 cm³/mol. The summed E-state index contributed by atoms with van der Waals surface area (Å²) in [4.78, 5) is 13.2. The molecule has 1 aliphatic heterocycles. The third-order valence-electron chi connectivity index (χ3n) is 6.62. The van der Waals surface area contributed by atoms with E-state index in [1.807, 2.05) is 24.3 Å². The standard InChI is InChI=1S/C24H18O6/c1-29-17-9-15(27)20-14(26)8-12-10-4-2-3-5-16(10)30-24-11-6-7-13(25)23(28)18(11)21(17)22(20)19(12)24/h2-7,9,12,19,24-25,27-28H,8H2,1H3/t12-,19-,24-/m1/s1. The Morgan fingerprint density at radius 1 is 0.967 bits per heavy atom. The minimum absolute atomic E-state index is 0.130. The molecule has 0 radical (unpaired) electrons. The normalized spacial score (nSPS) is 22.4. The first-order valence-electron chi connectivity index (χ1n) is 9.79. The lowest BCUT2D eigenvalue weighted by atomic mass is 9.61. The van der Waals surface area contributed by atoms with Gasteiger partial charge in [-0.25, -0.2) is 0 Å². The van der Waals surface area contributed by atoms with Gasteiger partial charge < -0.3 is 24.8 Å². The highest BCUT2D eigenvalue weighted by Gasteiger charge is 2.51. The Hall–Kier alpha value is -3.67. The van der Waals surface area contributed by atoms with Gasteiger partial charge in [-0.3, -0.25) is 4.79 Å². The first kappa shape index (κ1) is 17.2. The maximum atomic E-state index is 13.2. The van der Waals surface area contributed by atoms with E-state index < -0.39 is 6.10 Å². The molecule has 3 N–H and O–H groups in total. The van der Waals surface area contributed by atoms with Gasteiger partial charge in [-0.1, -0.05) is 24.3 Å². The van der Waals surface area contributed by atoms with Crippen LogP contribution in [0, 0.1) is 0 Å². The van der Waals surface area contributed by atoms with Gasteiger partial charge in [0.05, 0.1) is 12.7 Å². The summed E-state index contributed by atoms with van der Waals surface area (Å²) in [5.41, 5.74) is 3.42. The molecule has 6 rings (SSSR count). The fourth-order valence-electron chi connectivity index (χ4n) is 5.46. The number of phenols is 3. The summed E-state index contributed by atoms with van der Waals surface area (Å²) in [6.45, 7) is 0. The van der Waals surface area contributed by atoms with E-state index >= 15 is 0 Å². The second kappa shape index (κ2) is 5.69. The van der Waals surface area contributed by atoms with Crippen LogP contribution in [0.5, 0.6) is 28.7 Å². The van der Waals surface area contributed by atoms with E-state index in [1.165, 1.54) is 19.2 Å². The number of benzene rings is 3. The smallest absolute Gasteiger partial charge is 0.167 e. The number of rotatable bonds is 1. The first-order valence-corrected chi connectivity index (χ1v) is 9.79. The number of fused-ring (bicyclic) bond motifs is 5. The maximum Gasteiger partial charge on any atom is 0.167 e. The molecule has 0 amide bonds. The number of methoxy groups -OCH3 is 1. The zero-order valence-electron chi connectivity index (χ0n) is 16.0. The van der Waals surface area contributed by atoms with Crippen molar-refractivity contribution in [2.75, 3.05) is 7.11 Å². The lowest BCUT2D eigenvalue weighted by molar-refractivity contribution is 0.0868. The van der Waals surface area contributed by atoms with E-state index in [1.54, 1.807) is 6.07 Å². The lowest BCUT2D eigenvalue weighted by Crippen LogP contribution is -2.36. The molecule has 0 saturated carbocycles. The second-order valence-electron chi connectivity index (χ2n) is 8.00. The minimum Gasteiger partial charge on any atom is -0.507 e. The summed E-state index contributed by atoms with van der Waals surface area (Å²) < 4.78 is 11.9. The van der Waals surface area contributed by atoms with Crippen molar-refractivity contribution in [3.05, 3.63) is 64.7 Å². The minimum atomic E-state index is -0.475. The number of ether oxygens (including phenoxy) is 2. The molecule has 3 aromatic rings. The molecule has 0 spiro atoms. The van der Waals surface area contributed by atoms with Gasteiger partial charge in [-0.05, 0) is 23.3 Å². The molecule has 1 heterocycles. The van der Waals surface area contributed by atoms with Crippen LogP contribution < -0.4 is 9.47 Å². The molecule has 3 aromatic carbocycles. The number of para-hydroxylation sites is 1. The van der Waals surface area contributed by atoms with Gasteiger partial charge in [-0.15, -0.1) is 0 Å². The predicted octanol–water partition coefficient (Wildman–Crippen LogP) is 4.38. The molecule has 0 fully saturated rings. The Labute approximate surface area is 171 Å². The average Bonchev–Trinajstić information content (AvgIpc) is 2.75. The summed E-state index contributed by atoms with van der Waals surface area (Å²) in [7, 11) is 1.47. The first-order chi connectivity index (χ1) is 14.5. The zero-order chi connectivity index (χ0) is 20.7. The van der Waals surface area contributed by atoms with E-state index in [0.29, 0.717) is 33.8 Å². The van der Waals surface area contributed by atoms with Crippen LogP contribution >= 0.6 is 0 Å². The fourth-order valence-corrected chi connectivity index (χ4v) is 5.46. The molecule has 0 aromatic heterocycles. The summed E-state index contributed by atoms with van der Waals surface area (Å²) >= 11 is 0. The average molecular weight is 402 g/mol. The third kappa shape index (κ3) is 1.95. The quantitative estimate of drug-likeness (QED) is 0.523. The number of hydrogen-bond donors (Lipinski definition) is 3. The van der Waals surface area contributed by atoms with Crippen LogP contribution in [0.3, 0.4) is 0 Å². The maximum absolute atomic E-state index is 13.2. The molecule has 3 atom stereocenters. The summed E-state index contributed by atoms with van der Waals surface area (Å²) in [5.74, 6) is -0.205. The number of Topliss-reactive ketones (excluding diaryl/α,β-unsaturated/α-hetero) is 1. The molecule has 0 saturated heterocycles. The summed E-state index contributed by atoms with van der Waals surface area (Å²) in [5, 5.41) is 31.7. The van der Waals surface area contributed by atoms with E-state index in [4.69, 9.17) is 9.47 Å². The van der Waals surface area contributed by atoms with Crippen LogP contribution in [0.15, 0.2) is 42.5 Å². The number of ketones is 1. The Balaban J connectivity index is 1.79. The number of hydrogen-bond acceptors (Lipinski definition) is 6. The molecule has 6 heteroatoms. The molecule has 0 unspecified atom stereocenters. The molecule has 6 nitrogen and oxygen atoms in total. The van der Waals surface area contributed by atoms with Gasteiger partial charge >= 0.3 is 0 Å². The summed E-state index contributed by atoms with van der Waals surface area (Å²) in [6, 6.07) is 12.2. The van der Waals surface area contributed by atoms with Gasteiger partial charge in [-0.2, -0.15) is 0 Å². The van der Waals surface area contributed by atoms with Crippen LogP contribution in [0.2, 0.25) is 0 Å². The number of aromatic hydroxyl groups is 3. The number of carbonyl (C=O) groups is 1. The molecule has 150 valence electrons. The van der Waals surface area contributed by atoms with Gasteiger partial charge in [0, 0.05) is 41.0 Å². The number of phenolic OH excluding ortho intramolecular Hbond substituents is 3. The van der Waals surface area contributed by atoms with Crippen LogP contribution in [-0.4, -0.2) is 28.2 Å². The van der Waals surface area contributed by atoms with Crippen molar-refractivity contribution in [1.82, 2.24) is 0 Å². The van der Waals surface area contributed by atoms with Crippen LogP contribution in [0.1, 0.15) is 51.4 Å². The van der Waals surface area contributed by atoms with Crippen LogP contribution in [0.4, 0.5) is 0 Å². The van der Waals surface area contributed by atoms with Crippen molar-refractivity contribution in [3.63, 3.8) is 0 Å². The van der Waals surface area contributed by atoms with Crippen LogP contribution in [0.25, 0.3) is 11.1 Å². The molecular formula is C24H18O6. The van der Waals surface area contributed by atoms with E-state index in [2.05, 4.69) is 0 Å². The van der Waals surface area contributed by atoms with Crippen molar-refractivity contribution in [1.29, 1.82) is 0 Å². The highest BCUT2D eigenvalue weighted by atomic mass is 16.5. The Morgan fingerprint density at radius 2 is 1.77 bits per heavy atom. The van der Waals surface area contributed by atoms with Gasteiger partial charge in [0.1, 0.15) is 23.4 Å². The molecule has 2 aliphatic carbocycles. The zero-order valence-corrected chi connectivity index (χ0v) is 16.0. The Morgan fingerprint density at radius 3 is 2.57 bits per heavy atom. The van der Waals surface area contributed by atoms with Crippen molar-refractivity contribution >= 4 is 5.78 Å². The molecule has 30 heavy (non-hydrogen) atoms. The summed E-state index contributed by atoms with van der Waals surface area (Å²) in [6.07, 6.45) is -0.218. The largest absolute Gasteiger partial charge is 0.507 e. The Kier molecular flexibility index (Phi) is 3.26. The van der Waals surface area contributed by atoms with Crippen molar-refractivity contribution in [2.24, 2.45) is 0 Å². The fraction of sp³-hybridized carbons (Fsp3) is 0.208.